The average molecular weight is 291 g/mol. The smallest absolute Gasteiger partial charge is 0.242 e. The van der Waals surface area contributed by atoms with Gasteiger partial charge in [-0.2, -0.15) is 0 Å². The first-order chi connectivity index (χ1) is 9.93. The molecule has 6 nitrogen and oxygen atoms in total. The van der Waals surface area contributed by atoms with E-state index in [0.29, 0.717) is 13.0 Å². The van der Waals surface area contributed by atoms with E-state index in [1.807, 2.05) is 20.8 Å². The summed E-state index contributed by atoms with van der Waals surface area (Å²) in [6, 6.07) is -0.145. The predicted octanol–water partition coefficient (Wildman–Crippen LogP) is 0.944. The Bertz CT molecular complexity index is 572. The largest absolute Gasteiger partial charge is 0.496 e. The lowest BCUT2D eigenvalue weighted by Gasteiger charge is -2.27. The molecule has 1 aliphatic rings. The van der Waals surface area contributed by atoms with Crippen LogP contribution in [-0.2, 0) is 16.1 Å². The van der Waals surface area contributed by atoms with E-state index in [1.54, 1.807) is 18.2 Å². The molecule has 1 atom stereocenters. The predicted molar refractivity (Wildman–Crippen MR) is 77.9 cm³/mol. The van der Waals surface area contributed by atoms with E-state index in [1.165, 1.54) is 0 Å². The van der Waals surface area contributed by atoms with Crippen molar-refractivity contribution in [2.45, 2.75) is 39.8 Å². The Labute approximate surface area is 124 Å². The van der Waals surface area contributed by atoms with Crippen LogP contribution in [0.2, 0.25) is 0 Å². The van der Waals surface area contributed by atoms with E-state index in [2.05, 4.69) is 10.3 Å². The van der Waals surface area contributed by atoms with Gasteiger partial charge in [-0.25, -0.2) is 0 Å². The summed E-state index contributed by atoms with van der Waals surface area (Å²) in [7, 11) is 1.63. The summed E-state index contributed by atoms with van der Waals surface area (Å²) in [4.78, 5) is 29.8. The number of carbonyl (C=O) groups excluding carboxylic acids is 2. The molecule has 6 heteroatoms. The molecule has 1 saturated heterocycles. The highest BCUT2D eigenvalue weighted by atomic mass is 16.5. The van der Waals surface area contributed by atoms with Crippen LogP contribution in [0.25, 0.3) is 0 Å². The topological polar surface area (TPSA) is 71.5 Å². The van der Waals surface area contributed by atoms with Gasteiger partial charge in [0.05, 0.1) is 25.9 Å². The molecule has 1 unspecified atom stereocenters. The van der Waals surface area contributed by atoms with Crippen LogP contribution in [0.3, 0.4) is 0 Å². The van der Waals surface area contributed by atoms with Gasteiger partial charge in [-0.1, -0.05) is 0 Å². The lowest BCUT2D eigenvalue weighted by Crippen LogP contribution is -2.39. The van der Waals surface area contributed by atoms with Crippen molar-refractivity contribution >= 4 is 11.8 Å². The normalized spacial score (nSPS) is 19.2. The first-order valence-electron chi connectivity index (χ1n) is 6.99. The second kappa shape index (κ2) is 6.11. The molecule has 0 bridgehead atoms. The molecule has 1 fully saturated rings. The maximum atomic E-state index is 12.2. The highest BCUT2D eigenvalue weighted by Gasteiger charge is 2.27. The van der Waals surface area contributed by atoms with E-state index >= 15 is 0 Å². The number of carbonyl (C=O) groups is 2. The maximum absolute atomic E-state index is 12.2. The zero-order valence-electron chi connectivity index (χ0n) is 12.9. The second-order valence-corrected chi connectivity index (χ2v) is 5.40. The number of hydrogen-bond donors (Lipinski definition) is 1. The first kappa shape index (κ1) is 15.3. The molecule has 0 spiro atoms. The molecule has 2 rings (SSSR count). The van der Waals surface area contributed by atoms with Crippen LogP contribution in [0.15, 0.2) is 6.20 Å². The van der Waals surface area contributed by atoms with Gasteiger partial charge in [-0.15, -0.1) is 0 Å². The number of aromatic nitrogens is 1. The summed E-state index contributed by atoms with van der Waals surface area (Å²) in [6.07, 6.45) is 2.06. The fourth-order valence-corrected chi connectivity index (χ4v) is 2.61. The number of aryl methyl sites for hydroxylation is 1. The van der Waals surface area contributed by atoms with Crippen LogP contribution < -0.4 is 10.1 Å². The van der Waals surface area contributed by atoms with Crippen molar-refractivity contribution in [3.8, 4) is 5.75 Å². The third kappa shape index (κ3) is 3.15. The second-order valence-electron chi connectivity index (χ2n) is 5.40. The third-order valence-corrected chi connectivity index (χ3v) is 3.84. The molecular formula is C15H21N3O3. The summed E-state index contributed by atoms with van der Waals surface area (Å²) >= 11 is 0. The van der Waals surface area contributed by atoms with Crippen molar-refractivity contribution in [1.82, 2.24) is 15.2 Å². The molecule has 0 aromatic carbocycles. The number of amides is 2. The fraction of sp³-hybridized carbons (Fsp3) is 0.533. The van der Waals surface area contributed by atoms with Crippen molar-refractivity contribution in [3.63, 3.8) is 0 Å². The molecule has 2 heterocycles. The van der Waals surface area contributed by atoms with Crippen LogP contribution in [0.5, 0.6) is 5.75 Å². The van der Waals surface area contributed by atoms with Crippen molar-refractivity contribution in [1.29, 1.82) is 0 Å². The maximum Gasteiger partial charge on any atom is 0.242 e. The number of nitrogens with zero attached hydrogens (tertiary/aromatic N) is 2. The summed E-state index contributed by atoms with van der Waals surface area (Å²) in [6.45, 7) is 6.18. The van der Waals surface area contributed by atoms with Gasteiger partial charge in [-0.3, -0.25) is 14.6 Å². The minimum Gasteiger partial charge on any atom is -0.496 e. The monoisotopic (exact) mass is 291 g/mol. The lowest BCUT2D eigenvalue weighted by atomic mass is 10.1. The minimum absolute atomic E-state index is 0.0468. The van der Waals surface area contributed by atoms with Gasteiger partial charge in [0.1, 0.15) is 5.75 Å². The van der Waals surface area contributed by atoms with E-state index in [4.69, 9.17) is 4.74 Å². The molecule has 1 aromatic heterocycles. The Morgan fingerprint density at radius 3 is 2.81 bits per heavy atom. The van der Waals surface area contributed by atoms with E-state index in [-0.39, 0.29) is 24.4 Å². The third-order valence-electron chi connectivity index (χ3n) is 3.84. The van der Waals surface area contributed by atoms with Gasteiger partial charge in [-0.05, 0) is 20.8 Å². The number of methoxy groups -OCH3 is 1. The van der Waals surface area contributed by atoms with Crippen molar-refractivity contribution in [3.05, 3.63) is 23.0 Å². The SMILES string of the molecule is COc1c(C)cnc(CN2C(=O)CNC(=O)CC2C)c1C. The molecule has 1 aromatic rings. The quantitative estimate of drug-likeness (QED) is 0.900. The number of pyridine rings is 1. The summed E-state index contributed by atoms with van der Waals surface area (Å²) < 4.78 is 5.39. The van der Waals surface area contributed by atoms with Crippen LogP contribution in [0.1, 0.15) is 30.2 Å². The molecule has 2 amide bonds. The van der Waals surface area contributed by atoms with Crippen LogP contribution in [0, 0.1) is 13.8 Å². The number of rotatable bonds is 3. The molecular weight excluding hydrogens is 270 g/mol. The molecule has 21 heavy (non-hydrogen) atoms. The van der Waals surface area contributed by atoms with Gasteiger partial charge >= 0.3 is 0 Å². The van der Waals surface area contributed by atoms with Gasteiger partial charge in [0.15, 0.2) is 0 Å². The molecule has 1 aliphatic heterocycles. The van der Waals surface area contributed by atoms with Crippen molar-refractivity contribution in [2.75, 3.05) is 13.7 Å². The van der Waals surface area contributed by atoms with Gasteiger partial charge in [0.2, 0.25) is 11.8 Å². The Morgan fingerprint density at radius 2 is 2.14 bits per heavy atom. The number of nitrogens with one attached hydrogen (secondary N) is 1. The Balaban J connectivity index is 2.28. The van der Waals surface area contributed by atoms with Gasteiger partial charge < -0.3 is 15.0 Å². The minimum atomic E-state index is -0.145. The zero-order valence-corrected chi connectivity index (χ0v) is 12.9. The Kier molecular flexibility index (Phi) is 4.45. The van der Waals surface area contributed by atoms with Crippen LogP contribution in [-0.4, -0.2) is 41.4 Å². The summed E-state index contributed by atoms with van der Waals surface area (Å²) in [5, 5.41) is 2.61. The van der Waals surface area contributed by atoms with E-state index in [0.717, 1.165) is 22.6 Å². The van der Waals surface area contributed by atoms with Crippen LogP contribution in [0.4, 0.5) is 0 Å². The molecule has 1 N–H and O–H groups in total. The van der Waals surface area contributed by atoms with Gasteiger partial charge in [0, 0.05) is 29.8 Å². The van der Waals surface area contributed by atoms with Crippen molar-refractivity contribution in [2.24, 2.45) is 0 Å². The highest BCUT2D eigenvalue weighted by Crippen LogP contribution is 2.25. The summed E-state index contributed by atoms with van der Waals surface area (Å²) in [5.74, 6) is 0.614. The number of ether oxygens (including phenoxy) is 1. The fourth-order valence-electron chi connectivity index (χ4n) is 2.61. The first-order valence-corrected chi connectivity index (χ1v) is 6.99. The Morgan fingerprint density at radius 1 is 1.43 bits per heavy atom. The molecule has 0 radical (unpaired) electrons. The summed E-state index contributed by atoms with van der Waals surface area (Å²) in [5.41, 5.74) is 2.69. The number of hydrogen-bond acceptors (Lipinski definition) is 4. The molecule has 0 aliphatic carbocycles. The highest BCUT2D eigenvalue weighted by molar-refractivity contribution is 5.87. The standard InChI is InChI=1S/C15H21N3O3/c1-9-6-16-12(11(3)15(9)21-4)8-18-10(2)5-13(19)17-7-14(18)20/h6,10H,5,7-8H2,1-4H3,(H,17,19). The van der Waals surface area contributed by atoms with Crippen molar-refractivity contribution < 1.29 is 14.3 Å². The molecule has 0 saturated carbocycles. The van der Waals surface area contributed by atoms with E-state index in [9.17, 15) is 9.59 Å². The van der Waals surface area contributed by atoms with Gasteiger partial charge in [0.25, 0.3) is 0 Å². The Hall–Kier alpha value is -2.11. The van der Waals surface area contributed by atoms with Crippen LogP contribution >= 0.6 is 0 Å². The zero-order chi connectivity index (χ0) is 15.6. The van der Waals surface area contributed by atoms with E-state index < -0.39 is 0 Å². The average Bonchev–Trinajstić information content (AvgIpc) is 2.55. The lowest BCUT2D eigenvalue weighted by molar-refractivity contribution is -0.132. The molecule has 114 valence electrons.